The van der Waals surface area contributed by atoms with Crippen LogP contribution >= 0.6 is 0 Å². The SMILES string of the molecule is CCC1CCCCN1CCNC(=NCc1nnc(C)n1C)NC1CCCC1. The fourth-order valence-electron chi connectivity index (χ4n) is 4.29. The Hall–Kier alpha value is -1.63. The lowest BCUT2D eigenvalue weighted by molar-refractivity contribution is 0.147. The van der Waals surface area contributed by atoms with Crippen LogP contribution in [0.2, 0.25) is 0 Å². The molecule has 2 aliphatic rings. The molecule has 7 nitrogen and oxygen atoms in total. The first-order valence-corrected chi connectivity index (χ1v) is 10.8. The Morgan fingerprint density at radius 3 is 2.63 bits per heavy atom. The second kappa shape index (κ2) is 10.1. The van der Waals surface area contributed by atoms with E-state index < -0.39 is 0 Å². The van der Waals surface area contributed by atoms with Crippen molar-refractivity contribution in [3.63, 3.8) is 0 Å². The molecule has 0 radical (unpaired) electrons. The number of hydrogen-bond donors (Lipinski definition) is 2. The van der Waals surface area contributed by atoms with Gasteiger partial charge in [0.2, 0.25) is 0 Å². The van der Waals surface area contributed by atoms with Gasteiger partial charge in [-0.05, 0) is 45.6 Å². The Labute approximate surface area is 164 Å². The van der Waals surface area contributed by atoms with E-state index in [1.165, 1.54) is 57.9 Å². The van der Waals surface area contributed by atoms with Crippen molar-refractivity contribution >= 4 is 5.96 Å². The predicted molar refractivity (Wildman–Crippen MR) is 110 cm³/mol. The topological polar surface area (TPSA) is 70.4 Å². The second-order valence-electron chi connectivity index (χ2n) is 8.03. The van der Waals surface area contributed by atoms with E-state index in [4.69, 9.17) is 4.99 Å². The molecule has 1 unspecified atom stereocenters. The molecule has 2 N–H and O–H groups in total. The molecular weight excluding hydrogens is 338 g/mol. The van der Waals surface area contributed by atoms with E-state index in [0.717, 1.165) is 36.7 Å². The highest BCUT2D eigenvalue weighted by Crippen LogP contribution is 2.19. The number of aryl methyl sites for hydroxylation is 1. The number of nitrogens with one attached hydrogen (secondary N) is 2. The fraction of sp³-hybridized carbons (Fsp3) is 0.850. The molecule has 1 aromatic rings. The summed E-state index contributed by atoms with van der Waals surface area (Å²) < 4.78 is 2.01. The molecule has 1 saturated carbocycles. The van der Waals surface area contributed by atoms with E-state index in [-0.39, 0.29) is 0 Å². The van der Waals surface area contributed by atoms with E-state index in [0.29, 0.717) is 12.6 Å². The normalized spacial score (nSPS) is 22.3. The number of aliphatic imine (C=N–C) groups is 1. The van der Waals surface area contributed by atoms with Crippen molar-refractivity contribution in [1.29, 1.82) is 0 Å². The van der Waals surface area contributed by atoms with Crippen molar-refractivity contribution in [1.82, 2.24) is 30.3 Å². The largest absolute Gasteiger partial charge is 0.355 e. The third kappa shape index (κ3) is 5.67. The Morgan fingerprint density at radius 2 is 1.93 bits per heavy atom. The van der Waals surface area contributed by atoms with Crippen molar-refractivity contribution in [2.45, 2.75) is 83.8 Å². The van der Waals surface area contributed by atoms with Gasteiger partial charge in [-0.25, -0.2) is 4.99 Å². The quantitative estimate of drug-likeness (QED) is 0.566. The first-order valence-electron chi connectivity index (χ1n) is 10.8. The van der Waals surface area contributed by atoms with Crippen molar-refractivity contribution < 1.29 is 0 Å². The number of likely N-dealkylation sites (tertiary alicyclic amines) is 1. The van der Waals surface area contributed by atoms with Gasteiger partial charge in [0, 0.05) is 32.2 Å². The van der Waals surface area contributed by atoms with Crippen LogP contribution in [0.4, 0.5) is 0 Å². The molecule has 27 heavy (non-hydrogen) atoms. The Balaban J connectivity index is 1.55. The smallest absolute Gasteiger partial charge is 0.191 e. The summed E-state index contributed by atoms with van der Waals surface area (Å²) in [4.78, 5) is 7.45. The molecule has 7 heteroatoms. The highest BCUT2D eigenvalue weighted by molar-refractivity contribution is 5.80. The molecule has 1 aliphatic carbocycles. The molecule has 2 fully saturated rings. The van der Waals surface area contributed by atoms with Crippen molar-refractivity contribution in [2.75, 3.05) is 19.6 Å². The monoisotopic (exact) mass is 375 g/mol. The fourth-order valence-corrected chi connectivity index (χ4v) is 4.29. The molecule has 0 spiro atoms. The highest BCUT2D eigenvalue weighted by atomic mass is 15.3. The maximum absolute atomic E-state index is 4.81. The van der Waals surface area contributed by atoms with Gasteiger partial charge in [0.05, 0.1) is 0 Å². The lowest BCUT2D eigenvalue weighted by Gasteiger charge is -2.35. The Morgan fingerprint density at radius 1 is 1.15 bits per heavy atom. The third-order valence-electron chi connectivity index (χ3n) is 6.17. The molecule has 1 aliphatic heterocycles. The van der Waals surface area contributed by atoms with Crippen LogP contribution in [0.3, 0.4) is 0 Å². The summed E-state index contributed by atoms with van der Waals surface area (Å²) in [6, 6.07) is 1.31. The van der Waals surface area contributed by atoms with E-state index in [9.17, 15) is 0 Å². The Bertz CT molecular complexity index is 603. The maximum Gasteiger partial charge on any atom is 0.191 e. The summed E-state index contributed by atoms with van der Waals surface area (Å²) in [5.74, 6) is 2.75. The van der Waals surface area contributed by atoms with Crippen LogP contribution in [-0.2, 0) is 13.6 Å². The molecule has 1 atom stereocenters. The number of hydrogen-bond acceptors (Lipinski definition) is 4. The van der Waals surface area contributed by atoms with Gasteiger partial charge in [-0.3, -0.25) is 4.90 Å². The minimum absolute atomic E-state index is 0.552. The van der Waals surface area contributed by atoms with Crippen molar-refractivity contribution in [3.05, 3.63) is 11.6 Å². The highest BCUT2D eigenvalue weighted by Gasteiger charge is 2.21. The van der Waals surface area contributed by atoms with Crippen LogP contribution < -0.4 is 10.6 Å². The van der Waals surface area contributed by atoms with Gasteiger partial charge < -0.3 is 15.2 Å². The summed E-state index contributed by atoms with van der Waals surface area (Å²) in [6.45, 7) is 8.11. The zero-order valence-corrected chi connectivity index (χ0v) is 17.4. The van der Waals surface area contributed by atoms with E-state index in [1.54, 1.807) is 0 Å². The zero-order chi connectivity index (χ0) is 19.1. The molecular formula is C20H37N7. The summed E-state index contributed by atoms with van der Waals surface area (Å²) >= 11 is 0. The molecule has 152 valence electrons. The van der Waals surface area contributed by atoms with E-state index >= 15 is 0 Å². The molecule has 2 heterocycles. The van der Waals surface area contributed by atoms with Crippen LogP contribution in [0, 0.1) is 6.92 Å². The zero-order valence-electron chi connectivity index (χ0n) is 17.4. The average molecular weight is 376 g/mol. The van der Waals surface area contributed by atoms with Crippen molar-refractivity contribution in [3.8, 4) is 0 Å². The number of piperidine rings is 1. The van der Waals surface area contributed by atoms with E-state index in [2.05, 4.69) is 32.7 Å². The Kier molecular flexibility index (Phi) is 7.50. The molecule has 0 amide bonds. The van der Waals surface area contributed by atoms with Gasteiger partial charge in [-0.15, -0.1) is 10.2 Å². The van der Waals surface area contributed by atoms with Gasteiger partial charge in [-0.2, -0.15) is 0 Å². The third-order valence-corrected chi connectivity index (χ3v) is 6.17. The van der Waals surface area contributed by atoms with Crippen LogP contribution in [0.1, 0.15) is 69.9 Å². The molecule has 1 saturated heterocycles. The summed E-state index contributed by atoms with van der Waals surface area (Å²) in [7, 11) is 2.00. The van der Waals surface area contributed by atoms with E-state index in [1.807, 2.05) is 18.5 Å². The van der Waals surface area contributed by atoms with Crippen LogP contribution in [0.5, 0.6) is 0 Å². The molecule has 3 rings (SSSR count). The summed E-state index contributed by atoms with van der Waals surface area (Å²) in [5.41, 5.74) is 0. The lowest BCUT2D eigenvalue weighted by atomic mass is 10.0. The van der Waals surface area contributed by atoms with Crippen LogP contribution in [0.25, 0.3) is 0 Å². The minimum Gasteiger partial charge on any atom is -0.355 e. The van der Waals surface area contributed by atoms with Gasteiger partial charge in [0.25, 0.3) is 0 Å². The molecule has 0 aromatic carbocycles. The minimum atomic E-state index is 0.552. The van der Waals surface area contributed by atoms with Gasteiger partial charge >= 0.3 is 0 Å². The second-order valence-corrected chi connectivity index (χ2v) is 8.03. The first kappa shape index (κ1) is 20.1. The maximum atomic E-state index is 4.81. The van der Waals surface area contributed by atoms with Gasteiger partial charge in [0.1, 0.15) is 12.4 Å². The van der Waals surface area contributed by atoms with Gasteiger partial charge in [0.15, 0.2) is 11.8 Å². The first-order chi connectivity index (χ1) is 13.2. The van der Waals surface area contributed by atoms with Crippen molar-refractivity contribution in [2.24, 2.45) is 12.0 Å². The van der Waals surface area contributed by atoms with Crippen LogP contribution in [0.15, 0.2) is 4.99 Å². The van der Waals surface area contributed by atoms with Gasteiger partial charge in [-0.1, -0.05) is 26.2 Å². The molecule has 0 bridgehead atoms. The standard InChI is InChI=1S/C20H37N7/c1-4-18-11-7-8-13-27(18)14-12-21-20(23-17-9-5-6-10-17)22-15-19-25-24-16(2)26(19)3/h17-18H,4-15H2,1-3H3,(H2,21,22,23). The number of guanidine groups is 1. The number of aromatic nitrogens is 3. The predicted octanol–water partition coefficient (Wildman–Crippen LogP) is 2.37. The van der Waals surface area contributed by atoms with Crippen LogP contribution in [-0.4, -0.2) is 57.3 Å². The molecule has 1 aromatic heterocycles. The lowest BCUT2D eigenvalue weighted by Crippen LogP contribution is -2.47. The number of rotatable bonds is 7. The number of nitrogens with zero attached hydrogens (tertiary/aromatic N) is 5. The summed E-state index contributed by atoms with van der Waals surface area (Å²) in [5, 5.41) is 15.6. The summed E-state index contributed by atoms with van der Waals surface area (Å²) in [6.07, 6.45) is 10.5. The average Bonchev–Trinajstić information content (AvgIpc) is 3.31.